The summed E-state index contributed by atoms with van der Waals surface area (Å²) in [6.07, 6.45) is 1.95. The number of nitrogens with one attached hydrogen (secondary N) is 1. The van der Waals surface area contributed by atoms with Crippen molar-refractivity contribution in [1.82, 2.24) is 0 Å². The van der Waals surface area contributed by atoms with E-state index in [9.17, 15) is 4.39 Å². The summed E-state index contributed by atoms with van der Waals surface area (Å²) in [6.45, 7) is 2.07. The van der Waals surface area contributed by atoms with Crippen molar-refractivity contribution in [3.8, 4) is 0 Å². The third-order valence-corrected chi connectivity index (χ3v) is 4.29. The molecule has 98 valence electrons. The number of aryl methyl sites for hydroxylation is 2. The maximum absolute atomic E-state index is 13.2. The Morgan fingerprint density at radius 2 is 2.05 bits per heavy atom. The molecule has 0 bridgehead atoms. The number of rotatable bonds is 2. The standard InChI is InChI=1S/C16H15BrFN/c1-10-2-6-16(14(17)8-10)19-15-7-3-11-9-12(18)4-5-13(11)15/h2,4-6,8-9,15,19H,3,7H2,1H3. The van der Waals surface area contributed by atoms with Crippen LogP contribution in [0.1, 0.15) is 29.2 Å². The fourth-order valence-electron chi connectivity index (χ4n) is 2.66. The molecule has 3 rings (SSSR count). The van der Waals surface area contributed by atoms with Gasteiger partial charge in [0.1, 0.15) is 5.82 Å². The van der Waals surface area contributed by atoms with Gasteiger partial charge in [0.15, 0.2) is 0 Å². The Labute approximate surface area is 121 Å². The Morgan fingerprint density at radius 1 is 1.21 bits per heavy atom. The van der Waals surface area contributed by atoms with Crippen molar-refractivity contribution in [2.75, 3.05) is 5.32 Å². The predicted molar refractivity (Wildman–Crippen MR) is 80.0 cm³/mol. The van der Waals surface area contributed by atoms with Crippen LogP contribution in [-0.2, 0) is 6.42 Å². The molecule has 0 aliphatic heterocycles. The van der Waals surface area contributed by atoms with Gasteiger partial charge in [-0.2, -0.15) is 0 Å². The van der Waals surface area contributed by atoms with E-state index in [0.29, 0.717) is 0 Å². The molecule has 0 amide bonds. The first-order valence-corrected chi connectivity index (χ1v) is 7.24. The Morgan fingerprint density at radius 3 is 2.84 bits per heavy atom. The van der Waals surface area contributed by atoms with Crippen molar-refractivity contribution in [1.29, 1.82) is 0 Å². The Bertz CT molecular complexity index is 624. The number of halogens is 2. The lowest BCUT2D eigenvalue weighted by Crippen LogP contribution is -2.07. The summed E-state index contributed by atoms with van der Waals surface area (Å²) in [7, 11) is 0. The van der Waals surface area contributed by atoms with Crippen LogP contribution in [0.25, 0.3) is 0 Å². The molecule has 1 unspecified atom stereocenters. The normalized spacial score (nSPS) is 17.3. The number of hydrogen-bond donors (Lipinski definition) is 1. The Hall–Kier alpha value is -1.35. The van der Waals surface area contributed by atoms with E-state index in [1.54, 1.807) is 12.1 Å². The molecule has 1 aliphatic carbocycles. The highest BCUT2D eigenvalue weighted by molar-refractivity contribution is 9.10. The zero-order chi connectivity index (χ0) is 13.4. The van der Waals surface area contributed by atoms with Crippen molar-refractivity contribution < 1.29 is 4.39 Å². The maximum Gasteiger partial charge on any atom is 0.123 e. The van der Waals surface area contributed by atoms with Crippen molar-refractivity contribution in [3.05, 3.63) is 63.4 Å². The monoisotopic (exact) mass is 319 g/mol. The van der Waals surface area contributed by atoms with E-state index < -0.39 is 0 Å². The van der Waals surface area contributed by atoms with Gasteiger partial charge in [0, 0.05) is 10.2 Å². The first kappa shape index (κ1) is 12.7. The second-order valence-electron chi connectivity index (χ2n) is 5.06. The second kappa shape index (κ2) is 4.97. The summed E-state index contributed by atoms with van der Waals surface area (Å²) in [5.74, 6) is -0.143. The molecule has 1 atom stereocenters. The van der Waals surface area contributed by atoms with E-state index in [1.165, 1.54) is 11.1 Å². The lowest BCUT2D eigenvalue weighted by Gasteiger charge is -2.17. The van der Waals surface area contributed by atoms with Crippen molar-refractivity contribution in [3.63, 3.8) is 0 Å². The maximum atomic E-state index is 13.2. The van der Waals surface area contributed by atoms with Gasteiger partial charge in [-0.1, -0.05) is 12.1 Å². The van der Waals surface area contributed by atoms with Crippen LogP contribution in [0.15, 0.2) is 40.9 Å². The minimum atomic E-state index is -0.143. The van der Waals surface area contributed by atoms with Crippen molar-refractivity contribution in [2.24, 2.45) is 0 Å². The molecule has 0 heterocycles. The van der Waals surface area contributed by atoms with Gasteiger partial charge < -0.3 is 5.32 Å². The smallest absolute Gasteiger partial charge is 0.123 e. The van der Waals surface area contributed by atoms with Gasteiger partial charge in [-0.25, -0.2) is 4.39 Å². The summed E-state index contributed by atoms with van der Waals surface area (Å²) in [5, 5.41) is 3.54. The van der Waals surface area contributed by atoms with Crippen molar-refractivity contribution in [2.45, 2.75) is 25.8 Å². The number of benzene rings is 2. The molecule has 0 spiro atoms. The number of anilines is 1. The number of hydrogen-bond acceptors (Lipinski definition) is 1. The van der Waals surface area contributed by atoms with E-state index >= 15 is 0 Å². The molecule has 2 aromatic rings. The molecule has 1 aliphatic rings. The molecule has 0 saturated heterocycles. The largest absolute Gasteiger partial charge is 0.377 e. The molecule has 0 aromatic heterocycles. The lowest BCUT2D eigenvalue weighted by atomic mass is 10.1. The highest BCUT2D eigenvalue weighted by Crippen LogP contribution is 2.36. The second-order valence-corrected chi connectivity index (χ2v) is 5.92. The summed E-state index contributed by atoms with van der Waals surface area (Å²) in [4.78, 5) is 0. The van der Waals surface area contributed by atoms with Crippen LogP contribution in [0.2, 0.25) is 0 Å². The molecular formula is C16H15BrFN. The average Bonchev–Trinajstić information content (AvgIpc) is 2.75. The molecule has 0 saturated carbocycles. The van der Waals surface area contributed by atoms with Crippen LogP contribution in [0.5, 0.6) is 0 Å². The molecule has 2 aromatic carbocycles. The third-order valence-electron chi connectivity index (χ3n) is 3.64. The zero-order valence-corrected chi connectivity index (χ0v) is 12.3. The molecular weight excluding hydrogens is 305 g/mol. The fourth-order valence-corrected chi connectivity index (χ4v) is 3.27. The van der Waals surface area contributed by atoms with E-state index in [-0.39, 0.29) is 11.9 Å². The van der Waals surface area contributed by atoms with Gasteiger partial charge in [0.05, 0.1) is 6.04 Å². The number of fused-ring (bicyclic) bond motifs is 1. The van der Waals surface area contributed by atoms with Crippen LogP contribution in [-0.4, -0.2) is 0 Å². The quantitative estimate of drug-likeness (QED) is 0.821. The van der Waals surface area contributed by atoms with Crippen LogP contribution < -0.4 is 5.32 Å². The fraction of sp³-hybridized carbons (Fsp3) is 0.250. The van der Waals surface area contributed by atoms with Crippen LogP contribution in [0.3, 0.4) is 0 Å². The predicted octanol–water partition coefficient (Wildman–Crippen LogP) is 5.00. The van der Waals surface area contributed by atoms with Gasteiger partial charge in [0.25, 0.3) is 0 Å². The zero-order valence-electron chi connectivity index (χ0n) is 10.7. The first-order valence-electron chi connectivity index (χ1n) is 6.44. The van der Waals surface area contributed by atoms with Gasteiger partial charge >= 0.3 is 0 Å². The molecule has 0 radical (unpaired) electrons. The minimum absolute atomic E-state index is 0.143. The lowest BCUT2D eigenvalue weighted by molar-refractivity contribution is 0.626. The van der Waals surface area contributed by atoms with Gasteiger partial charge in [0.2, 0.25) is 0 Å². The van der Waals surface area contributed by atoms with E-state index in [0.717, 1.165) is 28.6 Å². The van der Waals surface area contributed by atoms with Crippen molar-refractivity contribution >= 4 is 21.6 Å². The molecule has 3 heteroatoms. The third kappa shape index (κ3) is 2.52. The molecule has 1 nitrogen and oxygen atoms in total. The van der Waals surface area contributed by atoms with E-state index in [1.807, 2.05) is 6.07 Å². The molecule has 1 N–H and O–H groups in total. The summed E-state index contributed by atoms with van der Waals surface area (Å²) >= 11 is 3.58. The summed E-state index contributed by atoms with van der Waals surface area (Å²) < 4.78 is 14.3. The molecule has 0 fully saturated rings. The Kier molecular flexibility index (Phi) is 3.31. The first-order chi connectivity index (χ1) is 9.13. The summed E-state index contributed by atoms with van der Waals surface area (Å²) in [6, 6.07) is 11.6. The highest BCUT2D eigenvalue weighted by Gasteiger charge is 2.23. The van der Waals surface area contributed by atoms with Gasteiger partial charge in [-0.3, -0.25) is 0 Å². The summed E-state index contributed by atoms with van der Waals surface area (Å²) in [5.41, 5.74) is 4.66. The average molecular weight is 320 g/mol. The van der Waals surface area contributed by atoms with Crippen LogP contribution in [0, 0.1) is 12.7 Å². The SMILES string of the molecule is Cc1ccc(NC2CCc3cc(F)ccc32)c(Br)c1. The van der Waals surface area contributed by atoms with Crippen LogP contribution >= 0.6 is 15.9 Å². The molecule has 19 heavy (non-hydrogen) atoms. The van der Waals surface area contributed by atoms with E-state index in [4.69, 9.17) is 0 Å². The van der Waals surface area contributed by atoms with Crippen LogP contribution in [0.4, 0.5) is 10.1 Å². The topological polar surface area (TPSA) is 12.0 Å². The highest BCUT2D eigenvalue weighted by atomic mass is 79.9. The Balaban J connectivity index is 1.86. The van der Waals surface area contributed by atoms with Gasteiger partial charge in [-0.05, 0) is 76.7 Å². The van der Waals surface area contributed by atoms with Gasteiger partial charge in [-0.15, -0.1) is 0 Å². The van der Waals surface area contributed by atoms with E-state index in [2.05, 4.69) is 46.4 Å². The minimum Gasteiger partial charge on any atom is -0.377 e.